The number of nitrogens with one attached hydrogen (secondary N) is 1. The van der Waals surface area contributed by atoms with Crippen molar-refractivity contribution in [1.82, 2.24) is 19.8 Å². The van der Waals surface area contributed by atoms with Gasteiger partial charge in [0.1, 0.15) is 5.82 Å². The largest absolute Gasteiger partial charge is 0.328 e. The highest BCUT2D eigenvalue weighted by Gasteiger charge is 2.23. The molecule has 1 aliphatic rings. The first kappa shape index (κ1) is 16.2. The van der Waals surface area contributed by atoms with E-state index in [4.69, 9.17) is 0 Å². The molecule has 2 aromatic rings. The van der Waals surface area contributed by atoms with Gasteiger partial charge in [-0.25, -0.2) is 4.98 Å². The van der Waals surface area contributed by atoms with Crippen LogP contribution in [0.15, 0.2) is 36.7 Å². The molecule has 0 amide bonds. The van der Waals surface area contributed by atoms with E-state index in [1.807, 2.05) is 6.20 Å². The zero-order chi connectivity index (χ0) is 16.2. The van der Waals surface area contributed by atoms with Crippen LogP contribution in [0.25, 0.3) is 11.4 Å². The van der Waals surface area contributed by atoms with E-state index in [-0.39, 0.29) is 0 Å². The van der Waals surface area contributed by atoms with Crippen LogP contribution < -0.4 is 5.32 Å². The van der Waals surface area contributed by atoms with Crippen LogP contribution in [0.4, 0.5) is 0 Å². The summed E-state index contributed by atoms with van der Waals surface area (Å²) in [7, 11) is 4.21. The molecule has 0 radical (unpaired) electrons. The van der Waals surface area contributed by atoms with E-state index in [9.17, 15) is 0 Å². The molecule has 124 valence electrons. The van der Waals surface area contributed by atoms with Crippen LogP contribution in [0.1, 0.15) is 37.8 Å². The molecule has 4 heteroatoms. The highest BCUT2D eigenvalue weighted by Crippen LogP contribution is 2.29. The lowest BCUT2D eigenvalue weighted by Crippen LogP contribution is -2.38. The molecule has 23 heavy (non-hydrogen) atoms. The normalized spacial score (nSPS) is 21.7. The first-order chi connectivity index (χ1) is 11.2. The molecule has 1 aromatic heterocycles. The summed E-state index contributed by atoms with van der Waals surface area (Å²) in [4.78, 5) is 6.86. The molecule has 0 saturated carbocycles. The Hall–Kier alpha value is -1.65. The van der Waals surface area contributed by atoms with Crippen molar-refractivity contribution in [2.45, 2.75) is 44.8 Å². The minimum Gasteiger partial charge on any atom is -0.328 e. The van der Waals surface area contributed by atoms with Crippen LogP contribution >= 0.6 is 0 Å². The van der Waals surface area contributed by atoms with Crippen molar-refractivity contribution in [3.63, 3.8) is 0 Å². The predicted octanol–water partition coefficient (Wildman–Crippen LogP) is 3.31. The summed E-state index contributed by atoms with van der Waals surface area (Å²) in [6.07, 6.45) is 7.65. The summed E-state index contributed by atoms with van der Waals surface area (Å²) in [6, 6.07) is 9.97. The Labute approximate surface area is 139 Å². The van der Waals surface area contributed by atoms with E-state index >= 15 is 0 Å². The SMILES string of the molecule is CC[C@@H]1C[C@H](n2ccnc2-c2cccc(CN(C)C)c2)CCN1. The van der Waals surface area contributed by atoms with Gasteiger partial charge in [-0.15, -0.1) is 0 Å². The van der Waals surface area contributed by atoms with Gasteiger partial charge in [-0.1, -0.05) is 25.1 Å². The summed E-state index contributed by atoms with van der Waals surface area (Å²) in [5.41, 5.74) is 2.56. The lowest BCUT2D eigenvalue weighted by atomic mass is 9.97. The number of hydrogen-bond donors (Lipinski definition) is 1. The highest BCUT2D eigenvalue weighted by molar-refractivity contribution is 5.57. The first-order valence-electron chi connectivity index (χ1n) is 8.67. The fourth-order valence-corrected chi connectivity index (χ4v) is 3.55. The Morgan fingerprint density at radius 3 is 3.00 bits per heavy atom. The molecular formula is C19H28N4. The van der Waals surface area contributed by atoms with Gasteiger partial charge in [0.15, 0.2) is 0 Å². The topological polar surface area (TPSA) is 33.1 Å². The van der Waals surface area contributed by atoms with Gasteiger partial charge in [-0.3, -0.25) is 0 Å². The third kappa shape index (κ3) is 3.82. The van der Waals surface area contributed by atoms with Gasteiger partial charge in [0.25, 0.3) is 0 Å². The molecule has 0 unspecified atom stereocenters. The van der Waals surface area contributed by atoms with E-state index in [0.29, 0.717) is 12.1 Å². The van der Waals surface area contributed by atoms with Crippen molar-refractivity contribution in [2.75, 3.05) is 20.6 Å². The van der Waals surface area contributed by atoms with Crippen molar-refractivity contribution in [1.29, 1.82) is 0 Å². The van der Waals surface area contributed by atoms with Crippen LogP contribution in [0.2, 0.25) is 0 Å². The lowest BCUT2D eigenvalue weighted by Gasteiger charge is -2.31. The number of rotatable bonds is 5. The second-order valence-electron chi connectivity index (χ2n) is 6.83. The monoisotopic (exact) mass is 312 g/mol. The summed E-state index contributed by atoms with van der Waals surface area (Å²) in [5, 5.41) is 3.61. The lowest BCUT2D eigenvalue weighted by molar-refractivity contribution is 0.297. The molecule has 1 fully saturated rings. The number of hydrogen-bond acceptors (Lipinski definition) is 3. The summed E-state index contributed by atoms with van der Waals surface area (Å²) in [6.45, 7) is 4.32. The Bertz CT molecular complexity index is 632. The van der Waals surface area contributed by atoms with Crippen LogP contribution in [0.5, 0.6) is 0 Å². The molecule has 0 bridgehead atoms. The van der Waals surface area contributed by atoms with Gasteiger partial charge in [0, 0.05) is 36.6 Å². The standard InChI is InChI=1S/C19H28N4/c1-4-17-13-18(8-9-20-17)23-11-10-21-19(23)16-7-5-6-15(12-16)14-22(2)3/h5-7,10-12,17-18,20H,4,8-9,13-14H2,1-3H3/t17-,18-/m1/s1. The molecule has 4 nitrogen and oxygen atoms in total. The molecule has 1 saturated heterocycles. The average molecular weight is 312 g/mol. The number of piperidine rings is 1. The van der Waals surface area contributed by atoms with Crippen molar-refractivity contribution in [2.24, 2.45) is 0 Å². The molecule has 3 rings (SSSR count). The zero-order valence-corrected chi connectivity index (χ0v) is 14.5. The van der Waals surface area contributed by atoms with E-state index < -0.39 is 0 Å². The molecule has 1 aromatic carbocycles. The molecule has 2 atom stereocenters. The number of imidazole rings is 1. The van der Waals surface area contributed by atoms with Crippen LogP contribution in [0, 0.1) is 0 Å². The van der Waals surface area contributed by atoms with Gasteiger partial charge in [-0.2, -0.15) is 0 Å². The molecular weight excluding hydrogens is 284 g/mol. The molecule has 1 N–H and O–H groups in total. The summed E-state index contributed by atoms with van der Waals surface area (Å²) in [5.74, 6) is 1.10. The third-order valence-electron chi connectivity index (χ3n) is 4.71. The van der Waals surface area contributed by atoms with Crippen molar-refractivity contribution < 1.29 is 0 Å². The third-order valence-corrected chi connectivity index (χ3v) is 4.71. The van der Waals surface area contributed by atoms with Gasteiger partial charge in [0.2, 0.25) is 0 Å². The fourth-order valence-electron chi connectivity index (χ4n) is 3.55. The highest BCUT2D eigenvalue weighted by atomic mass is 15.1. The maximum atomic E-state index is 4.66. The molecule has 1 aliphatic heterocycles. The van der Waals surface area contributed by atoms with Gasteiger partial charge < -0.3 is 14.8 Å². The van der Waals surface area contributed by atoms with Gasteiger partial charge in [-0.05, 0) is 51.5 Å². The second-order valence-corrected chi connectivity index (χ2v) is 6.83. The molecule has 0 spiro atoms. The Kier molecular flexibility index (Phi) is 5.13. The smallest absolute Gasteiger partial charge is 0.140 e. The van der Waals surface area contributed by atoms with Crippen molar-refractivity contribution in [3.8, 4) is 11.4 Å². The van der Waals surface area contributed by atoms with E-state index in [0.717, 1.165) is 18.9 Å². The Morgan fingerprint density at radius 1 is 1.35 bits per heavy atom. The Balaban J connectivity index is 1.86. The number of aromatic nitrogens is 2. The minimum atomic E-state index is 0.552. The molecule has 2 heterocycles. The summed E-state index contributed by atoms with van der Waals surface area (Å²) < 4.78 is 2.39. The van der Waals surface area contributed by atoms with E-state index in [2.05, 4.69) is 71.2 Å². The van der Waals surface area contributed by atoms with Gasteiger partial charge >= 0.3 is 0 Å². The zero-order valence-electron chi connectivity index (χ0n) is 14.5. The van der Waals surface area contributed by atoms with Gasteiger partial charge in [0.05, 0.1) is 0 Å². The second kappa shape index (κ2) is 7.28. The quantitative estimate of drug-likeness (QED) is 0.919. The minimum absolute atomic E-state index is 0.552. The van der Waals surface area contributed by atoms with E-state index in [1.54, 1.807) is 0 Å². The predicted molar refractivity (Wildman–Crippen MR) is 95.4 cm³/mol. The van der Waals surface area contributed by atoms with Crippen molar-refractivity contribution in [3.05, 3.63) is 42.2 Å². The van der Waals surface area contributed by atoms with Crippen LogP contribution in [0.3, 0.4) is 0 Å². The maximum Gasteiger partial charge on any atom is 0.140 e. The summed E-state index contributed by atoms with van der Waals surface area (Å²) >= 11 is 0. The van der Waals surface area contributed by atoms with Crippen LogP contribution in [-0.4, -0.2) is 41.1 Å². The maximum absolute atomic E-state index is 4.66. The van der Waals surface area contributed by atoms with E-state index in [1.165, 1.54) is 30.4 Å². The van der Waals surface area contributed by atoms with Crippen LogP contribution in [-0.2, 0) is 6.54 Å². The Morgan fingerprint density at radius 2 is 2.22 bits per heavy atom. The molecule has 0 aliphatic carbocycles. The average Bonchev–Trinajstić information content (AvgIpc) is 3.04. The first-order valence-corrected chi connectivity index (χ1v) is 8.67. The fraction of sp³-hybridized carbons (Fsp3) is 0.526. The number of nitrogens with zero attached hydrogens (tertiary/aromatic N) is 3. The van der Waals surface area contributed by atoms with Crippen molar-refractivity contribution >= 4 is 0 Å². The number of benzene rings is 1.